The Balaban J connectivity index is 3.07. The van der Waals surface area contributed by atoms with Crippen LogP contribution in [0.5, 0.6) is 0 Å². The largest absolute Gasteiger partial charge is 0.243 e. The Bertz CT molecular complexity index is 465. The van der Waals surface area contributed by atoms with Crippen LogP contribution in [0.4, 0.5) is 0 Å². The second-order valence-corrected chi connectivity index (χ2v) is 8.80. The Morgan fingerprint density at radius 3 is 2.44 bits per heavy atom. The van der Waals surface area contributed by atoms with Crippen molar-refractivity contribution >= 4 is 37.3 Å². The smallest absolute Gasteiger partial charge is 0.207 e. The van der Waals surface area contributed by atoms with Gasteiger partial charge < -0.3 is 0 Å². The van der Waals surface area contributed by atoms with Gasteiger partial charge in [0.15, 0.2) is 0 Å². The van der Waals surface area contributed by atoms with E-state index in [0.29, 0.717) is 17.4 Å². The van der Waals surface area contributed by atoms with Crippen LogP contribution in [0.15, 0.2) is 14.7 Å². The summed E-state index contributed by atoms with van der Waals surface area (Å²) in [6.07, 6.45) is 0. The highest BCUT2D eigenvalue weighted by Gasteiger charge is 2.24. The lowest BCUT2D eigenvalue weighted by atomic mass is 10.2. The molecule has 0 aliphatic rings. The van der Waals surface area contributed by atoms with Crippen molar-refractivity contribution in [2.45, 2.75) is 25.7 Å². The van der Waals surface area contributed by atoms with E-state index in [9.17, 15) is 8.42 Å². The van der Waals surface area contributed by atoms with E-state index in [1.54, 1.807) is 13.1 Å². The van der Waals surface area contributed by atoms with E-state index in [2.05, 4.69) is 15.9 Å². The van der Waals surface area contributed by atoms with Gasteiger partial charge >= 0.3 is 0 Å². The molecular weight excluding hydrogens is 310 g/mol. The van der Waals surface area contributed by atoms with Crippen LogP contribution in [-0.4, -0.2) is 26.3 Å². The average molecular weight is 326 g/mol. The molecule has 0 fully saturated rings. The fourth-order valence-electron chi connectivity index (χ4n) is 1.47. The summed E-state index contributed by atoms with van der Waals surface area (Å²) in [5.41, 5.74) is 0. The highest BCUT2D eigenvalue weighted by atomic mass is 79.9. The molecule has 0 bridgehead atoms. The van der Waals surface area contributed by atoms with Crippen molar-refractivity contribution in [3.8, 4) is 0 Å². The first-order chi connectivity index (χ1) is 7.25. The minimum Gasteiger partial charge on any atom is -0.207 e. The first-order valence-electron chi connectivity index (χ1n) is 4.97. The number of aryl methyl sites for hydroxylation is 1. The van der Waals surface area contributed by atoms with Gasteiger partial charge in [0.1, 0.15) is 0 Å². The summed E-state index contributed by atoms with van der Waals surface area (Å²) in [5.74, 6) is 0.321. The van der Waals surface area contributed by atoms with Gasteiger partial charge in [-0.1, -0.05) is 13.8 Å². The van der Waals surface area contributed by atoms with Gasteiger partial charge in [-0.2, -0.15) is 0 Å². The Labute approximate surface area is 110 Å². The van der Waals surface area contributed by atoms with Gasteiger partial charge in [0.2, 0.25) is 10.0 Å². The van der Waals surface area contributed by atoms with Crippen molar-refractivity contribution in [1.29, 1.82) is 0 Å². The number of hydrogen-bond acceptors (Lipinski definition) is 3. The molecule has 0 N–H and O–H groups in total. The van der Waals surface area contributed by atoms with E-state index in [4.69, 9.17) is 0 Å². The zero-order valence-corrected chi connectivity index (χ0v) is 13.0. The molecule has 0 radical (unpaired) electrons. The van der Waals surface area contributed by atoms with Crippen LogP contribution < -0.4 is 0 Å². The van der Waals surface area contributed by atoms with Crippen molar-refractivity contribution in [1.82, 2.24) is 4.31 Å². The minimum atomic E-state index is -3.33. The van der Waals surface area contributed by atoms with Crippen LogP contribution in [0.25, 0.3) is 0 Å². The summed E-state index contributed by atoms with van der Waals surface area (Å²) in [5, 5.41) is 0. The van der Waals surface area contributed by atoms with Crippen molar-refractivity contribution in [3.05, 3.63) is 14.7 Å². The molecule has 0 saturated heterocycles. The predicted octanol–water partition coefficient (Wildman–Crippen LogP) is 3.10. The predicted molar refractivity (Wildman–Crippen MR) is 71.4 cm³/mol. The van der Waals surface area contributed by atoms with Crippen LogP contribution in [-0.2, 0) is 10.0 Å². The van der Waals surface area contributed by atoms with Crippen LogP contribution in [0.3, 0.4) is 0 Å². The third-order valence-corrected chi connectivity index (χ3v) is 5.78. The van der Waals surface area contributed by atoms with E-state index in [1.165, 1.54) is 15.6 Å². The standard InChI is InChI=1S/C10H16BrNO2S2/c1-7(2)6-12(4)16(13,14)9-5-10(11)15-8(9)3/h5,7H,6H2,1-4H3. The van der Waals surface area contributed by atoms with E-state index < -0.39 is 10.0 Å². The van der Waals surface area contributed by atoms with E-state index in [1.807, 2.05) is 20.8 Å². The number of nitrogens with zero attached hydrogens (tertiary/aromatic N) is 1. The average Bonchev–Trinajstić information content (AvgIpc) is 2.44. The summed E-state index contributed by atoms with van der Waals surface area (Å²) in [6, 6.07) is 1.67. The van der Waals surface area contributed by atoms with E-state index in [0.717, 1.165) is 8.66 Å². The Kier molecular flexibility index (Phi) is 4.57. The molecule has 1 aromatic rings. The second kappa shape index (κ2) is 5.16. The van der Waals surface area contributed by atoms with E-state index in [-0.39, 0.29) is 0 Å². The molecule has 92 valence electrons. The Morgan fingerprint density at radius 1 is 1.50 bits per heavy atom. The van der Waals surface area contributed by atoms with Crippen molar-refractivity contribution in [2.75, 3.05) is 13.6 Å². The molecule has 0 aromatic carbocycles. The van der Waals surface area contributed by atoms with Crippen LogP contribution in [0.2, 0.25) is 0 Å². The second-order valence-electron chi connectivity index (χ2n) is 4.15. The monoisotopic (exact) mass is 325 g/mol. The van der Waals surface area contributed by atoms with E-state index >= 15 is 0 Å². The zero-order valence-electron chi connectivity index (χ0n) is 9.82. The lowest BCUT2D eigenvalue weighted by Gasteiger charge is -2.18. The third-order valence-electron chi connectivity index (χ3n) is 2.15. The molecule has 0 atom stereocenters. The van der Waals surface area contributed by atoms with Crippen molar-refractivity contribution < 1.29 is 8.42 Å². The number of rotatable bonds is 4. The number of thiophene rings is 1. The molecule has 0 aliphatic heterocycles. The maximum atomic E-state index is 12.2. The normalized spacial score (nSPS) is 12.7. The van der Waals surface area contributed by atoms with Gasteiger partial charge in [0.05, 0.1) is 8.68 Å². The molecule has 0 spiro atoms. The van der Waals surface area contributed by atoms with Crippen LogP contribution in [0, 0.1) is 12.8 Å². The molecule has 0 aliphatic carbocycles. The maximum Gasteiger partial charge on any atom is 0.243 e. The van der Waals surface area contributed by atoms with Gasteiger partial charge in [-0.25, -0.2) is 12.7 Å². The molecule has 3 nitrogen and oxygen atoms in total. The van der Waals surface area contributed by atoms with Crippen molar-refractivity contribution in [3.63, 3.8) is 0 Å². The van der Waals surface area contributed by atoms with Gasteiger partial charge in [-0.3, -0.25) is 0 Å². The highest BCUT2D eigenvalue weighted by Crippen LogP contribution is 2.31. The number of sulfonamides is 1. The number of hydrogen-bond donors (Lipinski definition) is 0. The summed E-state index contributed by atoms with van der Waals surface area (Å²) < 4.78 is 26.7. The maximum absolute atomic E-state index is 12.2. The van der Waals surface area contributed by atoms with Gasteiger partial charge in [0.25, 0.3) is 0 Å². The number of halogens is 1. The molecule has 0 unspecified atom stereocenters. The lowest BCUT2D eigenvalue weighted by molar-refractivity contribution is 0.417. The third kappa shape index (κ3) is 3.06. The first kappa shape index (κ1) is 14.2. The molecule has 0 saturated carbocycles. The Morgan fingerprint density at radius 2 is 2.06 bits per heavy atom. The topological polar surface area (TPSA) is 37.4 Å². The fourth-order valence-corrected chi connectivity index (χ4v) is 5.18. The summed E-state index contributed by atoms with van der Waals surface area (Å²) >= 11 is 4.75. The molecule has 6 heteroatoms. The lowest BCUT2D eigenvalue weighted by Crippen LogP contribution is -2.30. The SMILES string of the molecule is Cc1sc(Br)cc1S(=O)(=O)N(C)CC(C)C. The molecule has 1 heterocycles. The van der Waals surface area contributed by atoms with Crippen LogP contribution in [0.1, 0.15) is 18.7 Å². The summed E-state index contributed by atoms with van der Waals surface area (Å²) in [7, 11) is -1.70. The highest BCUT2D eigenvalue weighted by molar-refractivity contribution is 9.11. The molecular formula is C10H16BrNO2S2. The van der Waals surface area contributed by atoms with Crippen molar-refractivity contribution in [2.24, 2.45) is 5.92 Å². The summed E-state index contributed by atoms with van der Waals surface area (Å²) in [6.45, 7) is 6.37. The fraction of sp³-hybridized carbons (Fsp3) is 0.600. The quantitative estimate of drug-likeness (QED) is 0.853. The molecule has 0 amide bonds. The summed E-state index contributed by atoms with van der Waals surface area (Å²) in [4.78, 5) is 1.23. The Hall–Kier alpha value is 0.0900. The van der Waals surface area contributed by atoms with Crippen LogP contribution >= 0.6 is 27.3 Å². The van der Waals surface area contributed by atoms with Gasteiger partial charge in [0, 0.05) is 18.5 Å². The molecule has 16 heavy (non-hydrogen) atoms. The molecule has 1 rings (SSSR count). The van der Waals surface area contributed by atoms with Gasteiger partial charge in [-0.05, 0) is 34.8 Å². The molecule has 1 aromatic heterocycles. The zero-order chi connectivity index (χ0) is 12.5. The first-order valence-corrected chi connectivity index (χ1v) is 8.02. The minimum absolute atomic E-state index is 0.321. The van der Waals surface area contributed by atoms with Gasteiger partial charge in [-0.15, -0.1) is 11.3 Å².